The summed E-state index contributed by atoms with van der Waals surface area (Å²) in [5.41, 5.74) is 0.347. The first-order valence-electron chi connectivity index (χ1n) is 8.09. The van der Waals surface area contributed by atoms with Crippen LogP contribution in [0.3, 0.4) is 0 Å². The Morgan fingerprint density at radius 2 is 2.08 bits per heavy atom. The molecular formula is C17H20N6O2. The molecule has 8 heteroatoms. The lowest BCUT2D eigenvalue weighted by Crippen LogP contribution is -2.32. The van der Waals surface area contributed by atoms with E-state index in [0.717, 1.165) is 0 Å². The number of carbonyl (C=O) groups is 1. The van der Waals surface area contributed by atoms with E-state index in [0.29, 0.717) is 17.4 Å². The number of nitrogens with one attached hydrogen (secondary N) is 1. The Balaban J connectivity index is 1.78. The molecule has 3 aromatic rings. The van der Waals surface area contributed by atoms with Gasteiger partial charge in [0.2, 0.25) is 5.89 Å². The van der Waals surface area contributed by atoms with Gasteiger partial charge in [0, 0.05) is 18.6 Å². The Labute approximate surface area is 145 Å². The van der Waals surface area contributed by atoms with Crippen LogP contribution in [0.25, 0.3) is 0 Å². The average Bonchev–Trinajstić information content (AvgIpc) is 3.31. The minimum absolute atomic E-state index is 0.0736. The van der Waals surface area contributed by atoms with Crippen molar-refractivity contribution < 1.29 is 9.32 Å². The van der Waals surface area contributed by atoms with E-state index in [-0.39, 0.29) is 17.9 Å². The predicted octanol–water partition coefficient (Wildman–Crippen LogP) is 2.40. The summed E-state index contributed by atoms with van der Waals surface area (Å²) in [6, 6.07) is 4.68. The SMILES string of the molecule is CC(C)C(NC(=O)c1ccccn1)c1nc(C(C)n2ccnc2)no1. The number of hydrogen-bond donors (Lipinski definition) is 1. The standard InChI is InChI=1S/C17H20N6O2/c1-11(2)14(20-16(24)13-6-4-5-7-19-13)17-21-15(22-25-17)12(3)23-9-8-18-10-23/h4-12,14H,1-3H3,(H,20,24). The van der Waals surface area contributed by atoms with Gasteiger partial charge < -0.3 is 14.4 Å². The van der Waals surface area contributed by atoms with E-state index in [1.165, 1.54) is 0 Å². The second-order valence-corrected chi connectivity index (χ2v) is 6.09. The summed E-state index contributed by atoms with van der Waals surface area (Å²) >= 11 is 0. The molecule has 3 heterocycles. The molecule has 0 aliphatic carbocycles. The Hall–Kier alpha value is -3.03. The fourth-order valence-corrected chi connectivity index (χ4v) is 2.40. The molecule has 3 rings (SSSR count). The van der Waals surface area contributed by atoms with Gasteiger partial charge in [0.25, 0.3) is 5.91 Å². The van der Waals surface area contributed by atoms with E-state index < -0.39 is 6.04 Å². The van der Waals surface area contributed by atoms with Gasteiger partial charge in [0.1, 0.15) is 11.7 Å². The van der Waals surface area contributed by atoms with Crippen molar-refractivity contribution in [3.05, 3.63) is 60.5 Å². The zero-order chi connectivity index (χ0) is 17.8. The van der Waals surface area contributed by atoms with Crippen molar-refractivity contribution in [2.24, 2.45) is 5.92 Å². The molecule has 0 fully saturated rings. The van der Waals surface area contributed by atoms with E-state index in [1.807, 2.05) is 31.5 Å². The third-order valence-electron chi connectivity index (χ3n) is 3.92. The highest BCUT2D eigenvalue weighted by Gasteiger charge is 2.26. The number of amides is 1. The van der Waals surface area contributed by atoms with Gasteiger partial charge in [-0.3, -0.25) is 9.78 Å². The lowest BCUT2D eigenvalue weighted by Gasteiger charge is -2.18. The molecule has 0 aromatic carbocycles. The zero-order valence-corrected chi connectivity index (χ0v) is 14.3. The summed E-state index contributed by atoms with van der Waals surface area (Å²) in [4.78, 5) is 24.9. The highest BCUT2D eigenvalue weighted by molar-refractivity contribution is 5.92. The molecule has 0 saturated heterocycles. The van der Waals surface area contributed by atoms with Crippen LogP contribution in [-0.2, 0) is 0 Å². The number of aromatic nitrogens is 5. The lowest BCUT2D eigenvalue weighted by molar-refractivity contribution is 0.0909. The number of hydrogen-bond acceptors (Lipinski definition) is 6. The first-order valence-corrected chi connectivity index (χ1v) is 8.09. The maximum Gasteiger partial charge on any atom is 0.270 e. The Morgan fingerprint density at radius 1 is 1.24 bits per heavy atom. The molecule has 25 heavy (non-hydrogen) atoms. The van der Waals surface area contributed by atoms with E-state index in [2.05, 4.69) is 25.4 Å². The van der Waals surface area contributed by atoms with Gasteiger partial charge in [0.05, 0.1) is 12.4 Å². The van der Waals surface area contributed by atoms with E-state index in [4.69, 9.17) is 4.52 Å². The molecule has 8 nitrogen and oxygen atoms in total. The summed E-state index contributed by atoms with van der Waals surface area (Å²) < 4.78 is 7.29. The van der Waals surface area contributed by atoms with E-state index in [1.54, 1.807) is 36.9 Å². The smallest absolute Gasteiger partial charge is 0.270 e. The number of pyridine rings is 1. The van der Waals surface area contributed by atoms with Gasteiger partial charge in [-0.15, -0.1) is 0 Å². The van der Waals surface area contributed by atoms with E-state index in [9.17, 15) is 4.79 Å². The molecule has 130 valence electrons. The van der Waals surface area contributed by atoms with Crippen molar-refractivity contribution in [3.8, 4) is 0 Å². The Kier molecular flexibility index (Phi) is 4.87. The number of nitrogens with zero attached hydrogens (tertiary/aromatic N) is 5. The van der Waals surface area contributed by atoms with Gasteiger partial charge in [-0.25, -0.2) is 4.98 Å². The average molecular weight is 340 g/mol. The van der Waals surface area contributed by atoms with Crippen LogP contribution in [0.15, 0.2) is 47.6 Å². The molecule has 2 atom stereocenters. The maximum absolute atomic E-state index is 12.4. The fraction of sp³-hybridized carbons (Fsp3) is 0.353. The highest BCUT2D eigenvalue weighted by atomic mass is 16.5. The molecular weight excluding hydrogens is 320 g/mol. The fourth-order valence-electron chi connectivity index (χ4n) is 2.40. The van der Waals surface area contributed by atoms with Crippen molar-refractivity contribution in [2.45, 2.75) is 32.9 Å². The van der Waals surface area contributed by atoms with Gasteiger partial charge in [-0.05, 0) is 25.0 Å². The zero-order valence-electron chi connectivity index (χ0n) is 14.3. The Bertz CT molecular complexity index is 813. The third kappa shape index (κ3) is 3.73. The number of imidazole rings is 1. The number of carbonyl (C=O) groups excluding carboxylic acids is 1. The predicted molar refractivity (Wildman–Crippen MR) is 89.6 cm³/mol. The summed E-state index contributed by atoms with van der Waals surface area (Å²) in [6.45, 7) is 5.91. The largest absolute Gasteiger partial charge is 0.339 e. The van der Waals surface area contributed by atoms with Gasteiger partial charge in [-0.1, -0.05) is 25.1 Å². The van der Waals surface area contributed by atoms with Crippen LogP contribution in [-0.4, -0.2) is 30.6 Å². The molecule has 0 aliphatic rings. The summed E-state index contributed by atoms with van der Waals surface area (Å²) in [5, 5.41) is 6.97. The Morgan fingerprint density at radius 3 is 2.72 bits per heavy atom. The van der Waals surface area contributed by atoms with Gasteiger partial charge in [-0.2, -0.15) is 4.98 Å². The topological polar surface area (TPSA) is 98.7 Å². The molecule has 0 spiro atoms. The van der Waals surface area contributed by atoms with Crippen LogP contribution >= 0.6 is 0 Å². The minimum Gasteiger partial charge on any atom is -0.339 e. The maximum atomic E-state index is 12.4. The number of rotatable bonds is 6. The van der Waals surface area contributed by atoms with Crippen molar-refractivity contribution in [2.75, 3.05) is 0 Å². The first kappa shape index (κ1) is 16.8. The second-order valence-electron chi connectivity index (χ2n) is 6.09. The van der Waals surface area contributed by atoms with Crippen molar-refractivity contribution in [3.63, 3.8) is 0 Å². The highest BCUT2D eigenvalue weighted by Crippen LogP contribution is 2.23. The monoisotopic (exact) mass is 340 g/mol. The van der Waals surface area contributed by atoms with Crippen molar-refractivity contribution in [1.29, 1.82) is 0 Å². The van der Waals surface area contributed by atoms with Crippen LogP contribution in [0.2, 0.25) is 0 Å². The van der Waals surface area contributed by atoms with Gasteiger partial charge >= 0.3 is 0 Å². The third-order valence-corrected chi connectivity index (χ3v) is 3.92. The van der Waals surface area contributed by atoms with Crippen LogP contribution in [0, 0.1) is 5.92 Å². The first-order chi connectivity index (χ1) is 12.1. The quantitative estimate of drug-likeness (QED) is 0.740. The van der Waals surface area contributed by atoms with Crippen LogP contribution in [0.1, 0.15) is 55.1 Å². The lowest BCUT2D eigenvalue weighted by atomic mass is 10.0. The van der Waals surface area contributed by atoms with Crippen LogP contribution in [0.4, 0.5) is 0 Å². The molecule has 0 aliphatic heterocycles. The van der Waals surface area contributed by atoms with E-state index >= 15 is 0 Å². The summed E-state index contributed by atoms with van der Waals surface area (Å²) in [6.07, 6.45) is 6.81. The van der Waals surface area contributed by atoms with Gasteiger partial charge in [0.15, 0.2) is 5.82 Å². The summed E-state index contributed by atoms with van der Waals surface area (Å²) in [5.74, 6) is 0.707. The van der Waals surface area contributed by atoms with Crippen molar-refractivity contribution in [1.82, 2.24) is 30.0 Å². The normalized spacial score (nSPS) is 13.6. The molecule has 0 radical (unpaired) electrons. The minimum atomic E-state index is -0.397. The second kappa shape index (κ2) is 7.25. The molecule has 3 aromatic heterocycles. The molecule has 1 N–H and O–H groups in total. The molecule has 0 saturated carbocycles. The molecule has 2 unspecified atom stereocenters. The summed E-state index contributed by atoms with van der Waals surface area (Å²) in [7, 11) is 0. The van der Waals surface area contributed by atoms with Crippen LogP contribution < -0.4 is 5.32 Å². The van der Waals surface area contributed by atoms with Crippen molar-refractivity contribution >= 4 is 5.91 Å². The molecule has 0 bridgehead atoms. The van der Waals surface area contributed by atoms with Crippen LogP contribution in [0.5, 0.6) is 0 Å². The molecule has 1 amide bonds.